The summed E-state index contributed by atoms with van der Waals surface area (Å²) >= 11 is 13.8. The quantitative estimate of drug-likeness (QED) is 0.559. The zero-order valence-corrected chi connectivity index (χ0v) is 16.0. The summed E-state index contributed by atoms with van der Waals surface area (Å²) in [6, 6.07) is 8.68. The Kier molecular flexibility index (Phi) is 5.72. The summed E-state index contributed by atoms with van der Waals surface area (Å²) in [5, 5.41) is 4.33. The number of rotatable bonds is 4. The fourth-order valence-corrected chi connectivity index (χ4v) is 4.48. The summed E-state index contributed by atoms with van der Waals surface area (Å²) < 4.78 is 2.31. The first-order valence-corrected chi connectivity index (χ1v) is 9.04. The molecule has 1 unspecified atom stereocenters. The molecule has 0 aliphatic heterocycles. The van der Waals surface area contributed by atoms with Gasteiger partial charge in [0.1, 0.15) is 0 Å². The predicted molar refractivity (Wildman–Crippen MR) is 96.4 cm³/mol. The molecule has 0 aliphatic rings. The van der Waals surface area contributed by atoms with Gasteiger partial charge in [-0.2, -0.15) is 0 Å². The lowest BCUT2D eigenvalue weighted by Crippen LogP contribution is -2.22. The smallest absolute Gasteiger partial charge is 0.0888 e. The van der Waals surface area contributed by atoms with E-state index in [1.807, 2.05) is 6.07 Å². The monoisotopic (exact) mass is 469 g/mol. The maximum absolute atomic E-state index is 6.17. The van der Waals surface area contributed by atoms with Gasteiger partial charge in [0.05, 0.1) is 14.9 Å². The van der Waals surface area contributed by atoms with Crippen LogP contribution in [0.15, 0.2) is 28.1 Å². The van der Waals surface area contributed by atoms with Gasteiger partial charge < -0.3 is 5.32 Å². The van der Waals surface area contributed by atoms with E-state index in [1.54, 1.807) is 11.3 Å². The van der Waals surface area contributed by atoms with E-state index in [2.05, 4.69) is 75.9 Å². The second kappa shape index (κ2) is 6.89. The van der Waals surface area contributed by atoms with Gasteiger partial charge in [0.2, 0.25) is 0 Å². The average Bonchev–Trinajstić information content (AvgIpc) is 2.70. The first-order valence-electron chi connectivity index (χ1n) is 5.97. The molecule has 0 aliphatic carbocycles. The van der Waals surface area contributed by atoms with Crippen molar-refractivity contribution < 1.29 is 0 Å². The van der Waals surface area contributed by atoms with Gasteiger partial charge in [-0.1, -0.05) is 36.7 Å². The Balaban J connectivity index is 2.48. The molecule has 1 atom stereocenters. The van der Waals surface area contributed by atoms with Crippen LogP contribution in [0.2, 0.25) is 5.02 Å². The van der Waals surface area contributed by atoms with E-state index in [4.69, 9.17) is 11.6 Å². The predicted octanol–water partition coefficient (Wildman–Crippen LogP) is 5.78. The highest BCUT2D eigenvalue weighted by Crippen LogP contribution is 2.38. The van der Waals surface area contributed by atoms with Crippen molar-refractivity contribution in [3.05, 3.63) is 52.6 Å². The first-order chi connectivity index (χ1) is 9.04. The summed E-state index contributed by atoms with van der Waals surface area (Å²) in [6.45, 7) is 5.19. The van der Waals surface area contributed by atoms with E-state index in [-0.39, 0.29) is 6.04 Å². The number of benzene rings is 1. The lowest BCUT2D eigenvalue weighted by atomic mass is 10.0. The van der Waals surface area contributed by atoms with Crippen LogP contribution in [-0.2, 0) is 0 Å². The van der Waals surface area contributed by atoms with Gasteiger partial charge >= 0.3 is 0 Å². The molecule has 1 nitrogen and oxygen atoms in total. The maximum Gasteiger partial charge on any atom is 0.0888 e. The third-order valence-electron chi connectivity index (χ3n) is 2.89. The molecule has 19 heavy (non-hydrogen) atoms. The van der Waals surface area contributed by atoms with Crippen molar-refractivity contribution in [1.82, 2.24) is 5.32 Å². The molecule has 1 N–H and O–H groups in total. The van der Waals surface area contributed by atoms with Gasteiger partial charge in [-0.3, -0.25) is 0 Å². The number of thiophene rings is 1. The minimum Gasteiger partial charge on any atom is -0.306 e. The van der Waals surface area contributed by atoms with Crippen molar-refractivity contribution in [3.63, 3.8) is 0 Å². The molecular weight excluding hydrogens is 456 g/mol. The molecule has 2 aromatic rings. The fraction of sp³-hybridized carbons (Fsp3) is 0.286. The van der Waals surface area contributed by atoms with Crippen LogP contribution in [-0.4, -0.2) is 6.54 Å². The third kappa shape index (κ3) is 3.53. The Bertz CT molecular complexity index is 565. The molecule has 1 heterocycles. The molecule has 1 aromatic heterocycles. The standard InChI is InChI=1S/C14H14BrClINS/c1-3-18-13(11-7-10(16)14(15)19-11)9-6-4-5-8(2)12(9)17/h4-7,13,18H,3H2,1-2H3. The summed E-state index contributed by atoms with van der Waals surface area (Å²) in [6.07, 6.45) is 0. The lowest BCUT2D eigenvalue weighted by Gasteiger charge is -2.19. The van der Waals surface area contributed by atoms with Crippen LogP contribution < -0.4 is 5.32 Å². The molecule has 0 saturated carbocycles. The van der Waals surface area contributed by atoms with Crippen molar-refractivity contribution in [2.24, 2.45) is 0 Å². The largest absolute Gasteiger partial charge is 0.306 e. The highest BCUT2D eigenvalue weighted by molar-refractivity contribution is 14.1. The fourth-order valence-electron chi connectivity index (χ4n) is 1.97. The Hall–Kier alpha value is 0.380. The molecule has 0 amide bonds. The number of hydrogen-bond donors (Lipinski definition) is 1. The van der Waals surface area contributed by atoms with Crippen LogP contribution in [0.4, 0.5) is 0 Å². The summed E-state index contributed by atoms with van der Waals surface area (Å²) in [5.74, 6) is 0. The molecule has 1 aromatic carbocycles. The SMILES string of the molecule is CCNC(c1cc(Cl)c(Br)s1)c1cccc(C)c1I. The van der Waals surface area contributed by atoms with Crippen molar-refractivity contribution in [3.8, 4) is 0 Å². The summed E-state index contributed by atoms with van der Waals surface area (Å²) in [5.41, 5.74) is 2.62. The molecule has 2 rings (SSSR count). The zero-order chi connectivity index (χ0) is 14.0. The van der Waals surface area contributed by atoms with E-state index < -0.39 is 0 Å². The minimum atomic E-state index is 0.200. The molecule has 5 heteroatoms. The van der Waals surface area contributed by atoms with E-state index in [9.17, 15) is 0 Å². The van der Waals surface area contributed by atoms with Crippen LogP contribution in [0, 0.1) is 10.5 Å². The van der Waals surface area contributed by atoms with Gasteiger partial charge in [0, 0.05) is 8.45 Å². The Morgan fingerprint density at radius 2 is 2.21 bits per heavy atom. The molecule has 0 bridgehead atoms. The highest BCUT2D eigenvalue weighted by Gasteiger charge is 2.19. The second-order valence-electron chi connectivity index (χ2n) is 4.24. The summed E-state index contributed by atoms with van der Waals surface area (Å²) in [7, 11) is 0. The molecule has 0 fully saturated rings. The van der Waals surface area contributed by atoms with Gasteiger partial charge in [0.25, 0.3) is 0 Å². The van der Waals surface area contributed by atoms with E-state index in [0.29, 0.717) is 0 Å². The number of hydrogen-bond acceptors (Lipinski definition) is 2. The van der Waals surface area contributed by atoms with E-state index >= 15 is 0 Å². The number of halogens is 3. The van der Waals surface area contributed by atoms with Gasteiger partial charge in [-0.25, -0.2) is 0 Å². The Morgan fingerprint density at radius 1 is 1.47 bits per heavy atom. The Labute approximate surface area is 145 Å². The first kappa shape index (κ1) is 15.8. The van der Waals surface area contributed by atoms with Crippen molar-refractivity contribution >= 4 is 61.5 Å². The second-order valence-corrected chi connectivity index (χ2v) is 8.13. The van der Waals surface area contributed by atoms with Crippen LogP contribution in [0.1, 0.15) is 29.0 Å². The molecule has 0 radical (unpaired) electrons. The maximum atomic E-state index is 6.17. The molecular formula is C14H14BrClINS. The summed E-state index contributed by atoms with van der Waals surface area (Å²) in [4.78, 5) is 1.24. The molecule has 0 spiro atoms. The number of aryl methyl sites for hydroxylation is 1. The molecule has 102 valence electrons. The zero-order valence-electron chi connectivity index (χ0n) is 10.6. The van der Waals surface area contributed by atoms with Crippen LogP contribution >= 0.6 is 61.5 Å². The molecule has 0 saturated heterocycles. The van der Waals surface area contributed by atoms with Gasteiger partial charge in [0.15, 0.2) is 0 Å². The topological polar surface area (TPSA) is 12.0 Å². The minimum absolute atomic E-state index is 0.200. The third-order valence-corrected chi connectivity index (χ3v) is 6.90. The van der Waals surface area contributed by atoms with Gasteiger partial charge in [-0.05, 0) is 69.2 Å². The van der Waals surface area contributed by atoms with Crippen molar-refractivity contribution in [2.75, 3.05) is 6.54 Å². The van der Waals surface area contributed by atoms with Crippen LogP contribution in [0.3, 0.4) is 0 Å². The van der Waals surface area contributed by atoms with E-state index in [0.717, 1.165) is 15.4 Å². The number of nitrogens with one attached hydrogen (secondary N) is 1. The average molecular weight is 471 g/mol. The Morgan fingerprint density at radius 3 is 2.79 bits per heavy atom. The van der Waals surface area contributed by atoms with Crippen molar-refractivity contribution in [2.45, 2.75) is 19.9 Å². The highest BCUT2D eigenvalue weighted by atomic mass is 127. The van der Waals surface area contributed by atoms with Crippen molar-refractivity contribution in [1.29, 1.82) is 0 Å². The van der Waals surface area contributed by atoms with Crippen LogP contribution in [0.25, 0.3) is 0 Å². The van der Waals surface area contributed by atoms with E-state index in [1.165, 1.54) is 19.6 Å². The lowest BCUT2D eigenvalue weighted by molar-refractivity contribution is 0.637. The van der Waals surface area contributed by atoms with Gasteiger partial charge in [-0.15, -0.1) is 11.3 Å². The normalized spacial score (nSPS) is 12.7. The van der Waals surface area contributed by atoms with Crippen LogP contribution in [0.5, 0.6) is 0 Å².